The first-order valence-electron chi connectivity index (χ1n) is 18.0. The van der Waals surface area contributed by atoms with E-state index in [-0.39, 0.29) is 17.1 Å². The number of morpholine rings is 1. The number of nitrogens with zero attached hydrogens (tertiary/aromatic N) is 4. The highest BCUT2D eigenvalue weighted by atomic mass is 16.5. The lowest BCUT2D eigenvalue weighted by Crippen LogP contribution is -2.63. The number of ether oxygens (including phenoxy) is 1. The van der Waals surface area contributed by atoms with Crippen molar-refractivity contribution in [3.8, 4) is 28.3 Å². The van der Waals surface area contributed by atoms with E-state index in [2.05, 4.69) is 27.4 Å². The number of amides is 1. The van der Waals surface area contributed by atoms with E-state index in [9.17, 15) is 14.7 Å². The SMILES string of the molecule is C=CC(=O)N1CC2(CC(c3nc(-c4ccc(C=O)cc4)c(-c4cc(O)cc5ccccc45)n3C)C2)C1.CC.CC.CNCCN1CCOCC1. The van der Waals surface area contributed by atoms with Crippen molar-refractivity contribution in [2.24, 2.45) is 12.5 Å². The Balaban J connectivity index is 0.000000341. The molecule has 4 aromatic rings. The van der Waals surface area contributed by atoms with Crippen molar-refractivity contribution in [2.45, 2.75) is 46.5 Å². The number of aromatic nitrogens is 2. The summed E-state index contributed by atoms with van der Waals surface area (Å²) in [6.45, 7) is 19.4. The van der Waals surface area contributed by atoms with Crippen LogP contribution in [0.2, 0.25) is 0 Å². The lowest BCUT2D eigenvalue weighted by atomic mass is 9.57. The highest BCUT2D eigenvalue weighted by Gasteiger charge is 2.54. The summed E-state index contributed by atoms with van der Waals surface area (Å²) in [4.78, 5) is 32.6. The predicted octanol–water partition coefficient (Wildman–Crippen LogP) is 6.91. The Bertz CT molecular complexity index is 1710. The van der Waals surface area contributed by atoms with Gasteiger partial charge in [0.15, 0.2) is 0 Å². The van der Waals surface area contributed by atoms with E-state index < -0.39 is 0 Å². The smallest absolute Gasteiger partial charge is 0.245 e. The zero-order chi connectivity index (χ0) is 36.3. The number of likely N-dealkylation sites (N-methyl/N-ethyl adjacent to an activating group) is 1. The summed E-state index contributed by atoms with van der Waals surface area (Å²) in [5.74, 6) is 1.50. The number of phenols is 1. The number of fused-ring (bicyclic) bond motifs is 1. The van der Waals surface area contributed by atoms with E-state index in [1.807, 2.05) is 77.0 Å². The number of hydrogen-bond acceptors (Lipinski definition) is 7. The molecule has 9 heteroatoms. The van der Waals surface area contributed by atoms with Crippen molar-refractivity contribution >= 4 is 23.0 Å². The fourth-order valence-electron chi connectivity index (χ4n) is 7.17. The molecule has 2 aliphatic heterocycles. The van der Waals surface area contributed by atoms with Crippen LogP contribution in [0, 0.1) is 5.41 Å². The van der Waals surface area contributed by atoms with Gasteiger partial charge in [-0.2, -0.15) is 0 Å². The largest absolute Gasteiger partial charge is 0.508 e. The third-order valence-electron chi connectivity index (χ3n) is 9.60. The normalized spacial score (nSPS) is 16.4. The Hall–Kier alpha value is -4.31. The third-order valence-corrected chi connectivity index (χ3v) is 9.60. The second-order valence-electron chi connectivity index (χ2n) is 12.7. The fourth-order valence-corrected chi connectivity index (χ4v) is 7.17. The molecule has 3 fully saturated rings. The minimum atomic E-state index is 0.000161. The molecule has 9 nitrogen and oxygen atoms in total. The van der Waals surface area contributed by atoms with Gasteiger partial charge < -0.3 is 24.6 Å². The molecule has 1 amide bonds. The molecule has 3 heterocycles. The number of carbonyl (C=O) groups excluding carboxylic acids is 2. The number of benzene rings is 3. The Labute approximate surface area is 298 Å². The first-order chi connectivity index (χ1) is 24.3. The topological polar surface area (TPSA) is 99.9 Å². The molecule has 1 aliphatic carbocycles. The van der Waals surface area contributed by atoms with Crippen LogP contribution in [0.4, 0.5) is 0 Å². The van der Waals surface area contributed by atoms with Gasteiger partial charge in [0, 0.05) is 74.3 Å². The van der Waals surface area contributed by atoms with E-state index in [1.165, 1.54) is 6.08 Å². The summed E-state index contributed by atoms with van der Waals surface area (Å²) in [7, 11) is 4.03. The van der Waals surface area contributed by atoms with E-state index in [1.54, 1.807) is 24.3 Å². The van der Waals surface area contributed by atoms with E-state index in [4.69, 9.17) is 9.72 Å². The Morgan fingerprint density at radius 1 is 1.04 bits per heavy atom. The number of aromatic hydroxyl groups is 1. The summed E-state index contributed by atoms with van der Waals surface area (Å²) < 4.78 is 7.38. The molecular weight excluding hydrogens is 626 g/mol. The van der Waals surface area contributed by atoms with Crippen molar-refractivity contribution in [1.82, 2.24) is 24.7 Å². The first kappa shape index (κ1) is 38.5. The second kappa shape index (κ2) is 18.1. The second-order valence-corrected chi connectivity index (χ2v) is 12.7. The minimum Gasteiger partial charge on any atom is -0.508 e. The van der Waals surface area contributed by atoms with Crippen LogP contribution >= 0.6 is 0 Å². The quantitative estimate of drug-likeness (QED) is 0.154. The van der Waals surface area contributed by atoms with E-state index in [0.29, 0.717) is 11.5 Å². The van der Waals surface area contributed by atoms with Crippen LogP contribution in [0.25, 0.3) is 33.3 Å². The Morgan fingerprint density at radius 2 is 1.70 bits per heavy atom. The van der Waals surface area contributed by atoms with Gasteiger partial charge in [-0.15, -0.1) is 0 Å². The highest BCUT2D eigenvalue weighted by Crippen LogP contribution is 2.56. The average molecular weight is 682 g/mol. The van der Waals surface area contributed by atoms with Crippen LogP contribution in [0.5, 0.6) is 5.75 Å². The first-order valence-corrected chi connectivity index (χ1v) is 18.0. The van der Waals surface area contributed by atoms with Gasteiger partial charge in [0.2, 0.25) is 5.91 Å². The summed E-state index contributed by atoms with van der Waals surface area (Å²) in [6.07, 6.45) is 4.20. The molecule has 2 N–H and O–H groups in total. The van der Waals surface area contributed by atoms with Crippen LogP contribution in [-0.4, -0.2) is 96.2 Å². The minimum absolute atomic E-state index is 0.000161. The number of likely N-dealkylation sites (tertiary alicyclic amines) is 1. The Morgan fingerprint density at radius 3 is 2.32 bits per heavy atom. The third kappa shape index (κ3) is 8.52. The van der Waals surface area contributed by atoms with Gasteiger partial charge in [-0.1, -0.05) is 82.8 Å². The molecule has 50 heavy (non-hydrogen) atoms. The molecule has 0 atom stereocenters. The number of imidazole rings is 1. The predicted molar refractivity (Wildman–Crippen MR) is 204 cm³/mol. The summed E-state index contributed by atoms with van der Waals surface area (Å²) in [5, 5.41) is 15.7. The van der Waals surface area contributed by atoms with Crippen LogP contribution in [0.1, 0.15) is 62.6 Å². The summed E-state index contributed by atoms with van der Waals surface area (Å²) in [5.41, 5.74) is 4.41. The number of hydrogen-bond donors (Lipinski definition) is 2. The molecule has 3 aliphatic rings. The molecule has 1 spiro atoms. The molecule has 0 unspecified atom stereocenters. The van der Waals surface area contributed by atoms with Gasteiger partial charge in [-0.3, -0.25) is 14.5 Å². The molecule has 0 radical (unpaired) electrons. The monoisotopic (exact) mass is 681 g/mol. The molecule has 2 saturated heterocycles. The summed E-state index contributed by atoms with van der Waals surface area (Å²) in [6, 6.07) is 19.1. The number of aldehydes is 1. The number of carbonyl (C=O) groups is 2. The highest BCUT2D eigenvalue weighted by molar-refractivity contribution is 6.00. The lowest BCUT2D eigenvalue weighted by Gasteiger charge is -2.58. The zero-order valence-corrected chi connectivity index (χ0v) is 30.7. The van der Waals surface area contributed by atoms with Crippen molar-refractivity contribution in [3.05, 3.63) is 84.7 Å². The van der Waals surface area contributed by atoms with Gasteiger partial charge in [-0.05, 0) is 48.9 Å². The van der Waals surface area contributed by atoms with Crippen molar-refractivity contribution in [1.29, 1.82) is 0 Å². The molecule has 1 saturated carbocycles. The van der Waals surface area contributed by atoms with Crippen molar-refractivity contribution in [3.63, 3.8) is 0 Å². The Kier molecular flexibility index (Phi) is 13.9. The molecular formula is C41H55N5O4. The maximum Gasteiger partial charge on any atom is 0.245 e. The van der Waals surface area contributed by atoms with Crippen molar-refractivity contribution < 1.29 is 19.4 Å². The number of rotatable bonds is 8. The van der Waals surface area contributed by atoms with Crippen LogP contribution in [0.15, 0.2) is 73.3 Å². The maximum atomic E-state index is 11.9. The molecule has 7 rings (SSSR count). The van der Waals surface area contributed by atoms with Crippen molar-refractivity contribution in [2.75, 3.05) is 59.5 Å². The lowest BCUT2D eigenvalue weighted by molar-refractivity contribution is -0.146. The van der Waals surface area contributed by atoms with Gasteiger partial charge in [0.05, 0.1) is 24.6 Å². The van der Waals surface area contributed by atoms with Crippen LogP contribution in [0.3, 0.4) is 0 Å². The fraction of sp³-hybridized carbons (Fsp3) is 0.439. The number of phenolic OH excluding ortho intramolecular Hbond substituents is 1. The van der Waals surface area contributed by atoms with Gasteiger partial charge >= 0.3 is 0 Å². The molecule has 0 bridgehead atoms. The van der Waals surface area contributed by atoms with E-state index in [0.717, 1.165) is 111 Å². The zero-order valence-electron chi connectivity index (χ0n) is 30.7. The summed E-state index contributed by atoms with van der Waals surface area (Å²) >= 11 is 0. The van der Waals surface area contributed by atoms with E-state index >= 15 is 0 Å². The van der Waals surface area contributed by atoms with Crippen LogP contribution < -0.4 is 5.32 Å². The van der Waals surface area contributed by atoms with Gasteiger partial charge in [0.25, 0.3) is 0 Å². The van der Waals surface area contributed by atoms with Gasteiger partial charge in [-0.25, -0.2) is 4.98 Å². The number of nitrogens with one attached hydrogen (secondary N) is 1. The van der Waals surface area contributed by atoms with Crippen LogP contribution in [-0.2, 0) is 16.6 Å². The molecule has 1 aromatic heterocycles. The standard InChI is InChI=1S/C30H27N3O3.C7H16N2O.2C2H6/c1-3-26(36)33-17-30(18-33)14-22(15-30)29-31-27(20-10-8-19(16-34)9-11-20)28(32(29)2)25-13-23(35)12-21-6-4-5-7-24(21)25;1-8-2-3-9-4-6-10-7-5-9;2*1-2/h3-13,16,22,35H,1,14-15,17-18H2,2H3;8H,2-7H2,1H3;2*1-2H3. The molecule has 268 valence electrons. The average Bonchev–Trinajstić information content (AvgIpc) is 3.47. The molecule has 3 aromatic carbocycles. The maximum absolute atomic E-state index is 11.9. The van der Waals surface area contributed by atoms with Gasteiger partial charge in [0.1, 0.15) is 17.9 Å².